The summed E-state index contributed by atoms with van der Waals surface area (Å²) in [6.45, 7) is 4.14. The Labute approximate surface area is 97.2 Å². The number of hydrogen-bond acceptors (Lipinski definition) is 3. The molecule has 0 saturated heterocycles. The van der Waals surface area contributed by atoms with Crippen molar-refractivity contribution in [2.45, 2.75) is 13.8 Å². The van der Waals surface area contributed by atoms with Gasteiger partial charge in [0.1, 0.15) is 11.0 Å². The molecular formula is C12H11N3S. The van der Waals surface area contributed by atoms with Crippen LogP contribution in [0.2, 0.25) is 0 Å². The van der Waals surface area contributed by atoms with E-state index in [1.165, 1.54) is 9.75 Å². The maximum Gasteiger partial charge on any atom is 0.109 e. The highest BCUT2D eigenvalue weighted by Gasteiger charge is 2.12. The Morgan fingerprint density at radius 3 is 2.50 bits per heavy atom. The quantitative estimate of drug-likeness (QED) is 0.695. The molecule has 3 nitrogen and oxygen atoms in total. The topological polar surface area (TPSA) is 41.6 Å². The molecule has 3 rings (SSSR count). The van der Waals surface area contributed by atoms with Crippen LogP contribution in [0.4, 0.5) is 0 Å². The number of aromatic nitrogens is 3. The molecule has 0 aliphatic heterocycles. The lowest BCUT2D eigenvalue weighted by Crippen LogP contribution is -1.80. The van der Waals surface area contributed by atoms with E-state index in [0.717, 1.165) is 22.4 Å². The van der Waals surface area contributed by atoms with Crippen LogP contribution in [-0.4, -0.2) is 15.0 Å². The van der Waals surface area contributed by atoms with Crippen LogP contribution >= 0.6 is 11.3 Å². The smallest absolute Gasteiger partial charge is 0.109 e. The van der Waals surface area contributed by atoms with E-state index < -0.39 is 0 Å². The molecule has 0 bridgehead atoms. The van der Waals surface area contributed by atoms with Crippen LogP contribution in [0.15, 0.2) is 24.5 Å². The van der Waals surface area contributed by atoms with Crippen molar-refractivity contribution in [1.29, 1.82) is 0 Å². The number of aromatic amines is 1. The zero-order valence-corrected chi connectivity index (χ0v) is 9.93. The Hall–Kier alpha value is -1.68. The normalized spacial score (nSPS) is 11.1. The molecule has 0 fully saturated rings. The molecule has 0 aliphatic rings. The number of nitrogens with one attached hydrogen (secondary N) is 1. The molecule has 0 unspecified atom stereocenters. The summed E-state index contributed by atoms with van der Waals surface area (Å²) in [5.74, 6) is 0. The molecule has 16 heavy (non-hydrogen) atoms. The van der Waals surface area contributed by atoms with Gasteiger partial charge in [0, 0.05) is 23.0 Å². The molecule has 0 saturated carbocycles. The number of rotatable bonds is 1. The second-order valence-electron chi connectivity index (χ2n) is 3.80. The standard InChI is InChI=1S/C12H11N3S/c1-7-3-4-9(15-7)12-11-10(8(2)16-12)13-5-6-14-11/h3-6,15H,1-2H3. The van der Waals surface area contributed by atoms with Gasteiger partial charge in [0.05, 0.1) is 10.6 Å². The minimum absolute atomic E-state index is 0.992. The molecular weight excluding hydrogens is 218 g/mol. The largest absolute Gasteiger partial charge is 0.358 e. The lowest BCUT2D eigenvalue weighted by molar-refractivity contribution is 1.27. The lowest BCUT2D eigenvalue weighted by Gasteiger charge is -1.93. The van der Waals surface area contributed by atoms with Gasteiger partial charge in [0.15, 0.2) is 0 Å². The van der Waals surface area contributed by atoms with Crippen LogP contribution in [0, 0.1) is 13.8 Å². The second-order valence-corrected chi connectivity index (χ2v) is 5.02. The summed E-state index contributed by atoms with van der Waals surface area (Å²) in [6, 6.07) is 4.17. The Kier molecular flexibility index (Phi) is 2.04. The summed E-state index contributed by atoms with van der Waals surface area (Å²) in [5.41, 5.74) is 4.29. The first kappa shape index (κ1) is 9.54. The van der Waals surface area contributed by atoms with Gasteiger partial charge in [-0.15, -0.1) is 11.3 Å². The summed E-state index contributed by atoms with van der Waals surface area (Å²) >= 11 is 1.74. The van der Waals surface area contributed by atoms with E-state index in [0.29, 0.717) is 0 Å². The average Bonchev–Trinajstić information content (AvgIpc) is 2.84. The molecule has 0 spiro atoms. The van der Waals surface area contributed by atoms with E-state index in [9.17, 15) is 0 Å². The van der Waals surface area contributed by atoms with Gasteiger partial charge in [-0.25, -0.2) is 0 Å². The predicted molar refractivity (Wildman–Crippen MR) is 66.7 cm³/mol. The van der Waals surface area contributed by atoms with E-state index in [2.05, 4.69) is 40.9 Å². The van der Waals surface area contributed by atoms with Crippen LogP contribution in [0.25, 0.3) is 21.6 Å². The maximum atomic E-state index is 4.42. The highest BCUT2D eigenvalue weighted by atomic mass is 32.1. The first-order chi connectivity index (χ1) is 7.75. The van der Waals surface area contributed by atoms with Gasteiger partial charge in [-0.1, -0.05) is 0 Å². The Morgan fingerprint density at radius 1 is 1.06 bits per heavy atom. The minimum Gasteiger partial charge on any atom is -0.358 e. The van der Waals surface area contributed by atoms with Gasteiger partial charge in [-0.2, -0.15) is 0 Å². The van der Waals surface area contributed by atoms with E-state index >= 15 is 0 Å². The number of thiophene rings is 1. The molecule has 3 aromatic heterocycles. The van der Waals surface area contributed by atoms with Crippen LogP contribution in [0.3, 0.4) is 0 Å². The number of nitrogens with zero attached hydrogens (tertiary/aromatic N) is 2. The van der Waals surface area contributed by atoms with Gasteiger partial charge in [-0.05, 0) is 26.0 Å². The van der Waals surface area contributed by atoms with Crippen LogP contribution in [-0.2, 0) is 0 Å². The van der Waals surface area contributed by atoms with Crippen LogP contribution < -0.4 is 0 Å². The Bertz CT molecular complexity index is 651. The second kappa shape index (κ2) is 3.42. The van der Waals surface area contributed by atoms with Gasteiger partial charge >= 0.3 is 0 Å². The van der Waals surface area contributed by atoms with Crippen molar-refractivity contribution in [3.8, 4) is 10.6 Å². The number of fused-ring (bicyclic) bond motifs is 1. The molecule has 0 atom stereocenters. The number of hydrogen-bond donors (Lipinski definition) is 1. The SMILES string of the molecule is Cc1ccc(-c2sc(C)c3nccnc23)[nH]1. The van der Waals surface area contributed by atoms with Gasteiger partial charge < -0.3 is 4.98 Å². The molecule has 80 valence electrons. The molecule has 0 aliphatic carbocycles. The van der Waals surface area contributed by atoms with Gasteiger partial charge in [-0.3, -0.25) is 9.97 Å². The van der Waals surface area contributed by atoms with Crippen LogP contribution in [0.1, 0.15) is 10.6 Å². The molecule has 0 radical (unpaired) electrons. The summed E-state index contributed by atoms with van der Waals surface area (Å²) in [7, 11) is 0. The van der Waals surface area contributed by atoms with Crippen molar-refractivity contribution in [1.82, 2.24) is 15.0 Å². The third-order valence-electron chi connectivity index (χ3n) is 2.58. The maximum absolute atomic E-state index is 4.42. The van der Waals surface area contributed by atoms with E-state index in [1.54, 1.807) is 23.7 Å². The van der Waals surface area contributed by atoms with Gasteiger partial charge in [0.2, 0.25) is 0 Å². The molecule has 1 N–H and O–H groups in total. The van der Waals surface area contributed by atoms with E-state index in [1.807, 2.05) is 0 Å². The van der Waals surface area contributed by atoms with Crippen molar-refractivity contribution < 1.29 is 0 Å². The first-order valence-corrected chi connectivity index (χ1v) is 5.93. The first-order valence-electron chi connectivity index (χ1n) is 5.12. The highest BCUT2D eigenvalue weighted by Crippen LogP contribution is 2.35. The minimum atomic E-state index is 0.992. The van der Waals surface area contributed by atoms with Crippen molar-refractivity contribution in [2.24, 2.45) is 0 Å². The molecule has 3 aromatic rings. The fourth-order valence-corrected chi connectivity index (χ4v) is 2.86. The molecule has 4 heteroatoms. The molecule has 0 aromatic carbocycles. The van der Waals surface area contributed by atoms with E-state index in [-0.39, 0.29) is 0 Å². The van der Waals surface area contributed by atoms with Crippen molar-refractivity contribution >= 4 is 22.4 Å². The third kappa shape index (κ3) is 1.34. The zero-order chi connectivity index (χ0) is 11.1. The van der Waals surface area contributed by atoms with E-state index in [4.69, 9.17) is 0 Å². The Morgan fingerprint density at radius 2 is 1.81 bits per heavy atom. The molecule has 0 amide bonds. The summed E-state index contributed by atoms with van der Waals surface area (Å²) in [4.78, 5) is 14.5. The monoisotopic (exact) mass is 229 g/mol. The fourth-order valence-electron chi connectivity index (χ4n) is 1.83. The summed E-state index contributed by atoms with van der Waals surface area (Å²) in [5, 5.41) is 0. The zero-order valence-electron chi connectivity index (χ0n) is 9.11. The number of H-pyrrole nitrogens is 1. The average molecular weight is 229 g/mol. The Balaban J connectivity index is 2.32. The third-order valence-corrected chi connectivity index (χ3v) is 3.70. The van der Waals surface area contributed by atoms with Crippen LogP contribution in [0.5, 0.6) is 0 Å². The summed E-state index contributed by atoms with van der Waals surface area (Å²) in [6.07, 6.45) is 3.49. The fraction of sp³-hybridized carbons (Fsp3) is 0.167. The summed E-state index contributed by atoms with van der Waals surface area (Å²) < 4.78 is 0. The number of aryl methyl sites for hydroxylation is 2. The predicted octanol–water partition coefficient (Wildman–Crippen LogP) is 3.30. The van der Waals surface area contributed by atoms with Gasteiger partial charge in [0.25, 0.3) is 0 Å². The van der Waals surface area contributed by atoms with Crippen molar-refractivity contribution in [2.75, 3.05) is 0 Å². The van der Waals surface area contributed by atoms with Crippen molar-refractivity contribution in [3.05, 3.63) is 35.1 Å². The lowest BCUT2D eigenvalue weighted by atomic mass is 10.3. The highest BCUT2D eigenvalue weighted by molar-refractivity contribution is 7.17. The van der Waals surface area contributed by atoms with Crippen molar-refractivity contribution in [3.63, 3.8) is 0 Å². The molecule has 3 heterocycles.